The lowest BCUT2D eigenvalue weighted by Gasteiger charge is -2.41. The Labute approximate surface area is 549 Å². The molecule has 0 aromatic heterocycles. The zero-order valence-electron chi connectivity index (χ0n) is 57.0. The highest BCUT2D eigenvalue weighted by atomic mass is 16.7. The first-order valence-corrected chi connectivity index (χ1v) is 36.1. The van der Waals surface area contributed by atoms with Crippen molar-refractivity contribution in [3.8, 4) is 0 Å². The molecule has 8 unspecified atom stereocenters. The van der Waals surface area contributed by atoms with Crippen LogP contribution in [-0.2, 0) is 23.8 Å². The van der Waals surface area contributed by atoms with Crippen molar-refractivity contribution >= 4 is 11.9 Å². The second kappa shape index (κ2) is 64.6. The smallest absolute Gasteiger partial charge is 0.306 e. The summed E-state index contributed by atoms with van der Waals surface area (Å²) in [6.45, 7) is 5.56. The molecule has 1 saturated heterocycles. The monoisotopic (exact) mass is 1250 g/mol. The maximum Gasteiger partial charge on any atom is 0.306 e. The number of hydrogen-bond donors (Lipinski definition) is 6. The Balaban J connectivity index is 2.60. The Morgan fingerprint density at radius 1 is 0.444 bits per heavy atom. The summed E-state index contributed by atoms with van der Waals surface area (Å²) >= 11 is 0. The lowest BCUT2D eigenvalue weighted by atomic mass is 9.99. The molecule has 1 fully saturated rings. The van der Waals surface area contributed by atoms with Gasteiger partial charge in [-0.1, -0.05) is 295 Å². The minimum atomic E-state index is -1.63. The van der Waals surface area contributed by atoms with Crippen molar-refractivity contribution in [2.75, 3.05) is 13.2 Å². The first kappa shape index (κ1) is 83.6. The van der Waals surface area contributed by atoms with Crippen molar-refractivity contribution in [3.05, 3.63) is 146 Å². The maximum absolute atomic E-state index is 13.5. The Bertz CT molecular complexity index is 2030. The number of hydrogen-bond acceptors (Lipinski definition) is 10. The van der Waals surface area contributed by atoms with Gasteiger partial charge in [-0.05, 0) is 122 Å². The van der Waals surface area contributed by atoms with E-state index >= 15 is 0 Å². The molecule has 90 heavy (non-hydrogen) atoms. The molecule has 1 rings (SSSR count). The molecule has 0 spiro atoms. The Morgan fingerprint density at radius 3 is 1.20 bits per heavy atom. The largest absolute Gasteiger partial charge is 0.454 e. The van der Waals surface area contributed by atoms with Gasteiger partial charge in [-0.2, -0.15) is 0 Å². The van der Waals surface area contributed by atoms with E-state index in [2.05, 4.69) is 160 Å². The molecule has 1 heterocycles. The molecule has 0 bridgehead atoms. The van der Waals surface area contributed by atoms with Crippen LogP contribution in [0.5, 0.6) is 0 Å². The van der Waals surface area contributed by atoms with Crippen LogP contribution in [0.3, 0.4) is 0 Å². The van der Waals surface area contributed by atoms with Gasteiger partial charge in [0.1, 0.15) is 24.4 Å². The average molecular weight is 1250 g/mol. The molecular formula is C79H131NO10. The second-order valence-corrected chi connectivity index (χ2v) is 24.2. The third-order valence-corrected chi connectivity index (χ3v) is 16.0. The number of aliphatic hydroxyl groups is 5. The molecule has 8 atom stereocenters. The fourth-order valence-electron chi connectivity index (χ4n) is 10.4. The van der Waals surface area contributed by atoms with E-state index in [-0.39, 0.29) is 19.4 Å². The summed E-state index contributed by atoms with van der Waals surface area (Å²) in [5.41, 5.74) is 0. The average Bonchev–Trinajstić information content (AvgIpc) is 1.11. The van der Waals surface area contributed by atoms with E-state index in [1.807, 2.05) is 6.08 Å². The topological polar surface area (TPSA) is 175 Å². The van der Waals surface area contributed by atoms with E-state index in [0.29, 0.717) is 12.8 Å². The molecule has 0 aromatic rings. The zero-order valence-corrected chi connectivity index (χ0v) is 57.0. The van der Waals surface area contributed by atoms with Crippen molar-refractivity contribution < 1.29 is 49.3 Å². The number of unbranched alkanes of at least 4 members (excludes halogenated alkanes) is 24. The van der Waals surface area contributed by atoms with Crippen molar-refractivity contribution in [2.45, 2.75) is 327 Å². The number of amides is 1. The van der Waals surface area contributed by atoms with Gasteiger partial charge in [0.2, 0.25) is 5.91 Å². The highest BCUT2D eigenvalue weighted by Gasteiger charge is 2.47. The van der Waals surface area contributed by atoms with Gasteiger partial charge in [0.15, 0.2) is 12.4 Å². The van der Waals surface area contributed by atoms with Gasteiger partial charge in [-0.3, -0.25) is 9.59 Å². The van der Waals surface area contributed by atoms with Crippen LogP contribution >= 0.6 is 0 Å². The van der Waals surface area contributed by atoms with Gasteiger partial charge in [0.05, 0.1) is 25.4 Å². The molecule has 0 saturated carbocycles. The lowest BCUT2D eigenvalue weighted by Crippen LogP contribution is -2.61. The predicted molar refractivity (Wildman–Crippen MR) is 379 cm³/mol. The van der Waals surface area contributed by atoms with E-state index in [9.17, 15) is 35.1 Å². The standard InChI is InChI=1S/C79H131NO10/c1-4-7-10-13-16-19-22-25-27-29-31-33-35-36-37-39-40-42-44-46-48-51-54-57-60-63-66-72(83)78(87)80-70(71(82)65-62-59-56-53-50-24-21-18-15-12-9-6-3)69-88-79-77(76(86)75(85)73(68-81)89-79)90-74(84)67-64-61-58-55-52-49-47-45-43-41-38-34-32-30-28-26-23-20-17-14-11-8-5-2/h7-8,10-11,16-17,19-20,25-28,31-34,36-37,40-43,62,65,70-73,75-77,79,81-83,85-86H,4-6,9,12-15,18,21-24,29-30,35,38-39,44-61,63-64,66-69H2,1-3H3,(H,80,87)/b10-7-,11-8-,19-16-,20-17-,27-25-,28-26-,33-31-,34-32-,37-36-,42-40-,43-41-,65-62+. The summed E-state index contributed by atoms with van der Waals surface area (Å²) in [7, 11) is 0. The number of nitrogens with one attached hydrogen (secondary N) is 1. The van der Waals surface area contributed by atoms with Crippen LogP contribution < -0.4 is 5.32 Å². The number of aliphatic hydroxyl groups excluding tert-OH is 5. The van der Waals surface area contributed by atoms with Gasteiger partial charge < -0.3 is 45.1 Å². The zero-order chi connectivity index (χ0) is 65.3. The summed E-state index contributed by atoms with van der Waals surface area (Å²) in [5.74, 6) is -1.22. The number of carbonyl (C=O) groups excluding carboxylic acids is 2. The Morgan fingerprint density at radius 2 is 0.800 bits per heavy atom. The van der Waals surface area contributed by atoms with Crippen LogP contribution in [0.2, 0.25) is 0 Å². The van der Waals surface area contributed by atoms with Crippen molar-refractivity contribution in [3.63, 3.8) is 0 Å². The Hall–Kier alpha value is -4.46. The van der Waals surface area contributed by atoms with E-state index in [4.69, 9.17) is 14.2 Å². The normalized spacial score (nSPS) is 19.0. The van der Waals surface area contributed by atoms with Crippen LogP contribution in [0.25, 0.3) is 0 Å². The second-order valence-electron chi connectivity index (χ2n) is 24.2. The molecule has 0 aromatic carbocycles. The SMILES string of the molecule is CC/C=C\C/C=C\C/C=C\C/C=C\C/C=C\C/C=C\CCCCCCCCCC(O)C(=O)NC(COC1OC(CO)C(O)C(O)C1OC(=O)CCCCCCCCC/C=C\C/C=C\C/C=C\C/C=C\C/C=C\CC)C(O)/C=C/CCCCCCCCCCCC. The van der Waals surface area contributed by atoms with Crippen LogP contribution in [0, 0.1) is 0 Å². The highest BCUT2D eigenvalue weighted by Crippen LogP contribution is 2.26. The van der Waals surface area contributed by atoms with E-state index in [1.54, 1.807) is 6.08 Å². The molecule has 11 nitrogen and oxygen atoms in total. The Kier molecular flexibility index (Phi) is 60.0. The lowest BCUT2D eigenvalue weighted by molar-refractivity contribution is -0.305. The number of allylic oxidation sites excluding steroid dienone is 23. The third kappa shape index (κ3) is 51.1. The van der Waals surface area contributed by atoms with E-state index in [0.717, 1.165) is 180 Å². The van der Waals surface area contributed by atoms with E-state index in [1.165, 1.54) is 51.4 Å². The number of carbonyl (C=O) groups is 2. The number of esters is 1. The minimum absolute atomic E-state index is 0.102. The van der Waals surface area contributed by atoms with Gasteiger partial charge in [0, 0.05) is 6.42 Å². The molecule has 0 radical (unpaired) electrons. The molecule has 11 heteroatoms. The van der Waals surface area contributed by atoms with Crippen LogP contribution in [0.4, 0.5) is 0 Å². The molecule has 1 aliphatic rings. The fourth-order valence-corrected chi connectivity index (χ4v) is 10.4. The first-order chi connectivity index (χ1) is 44.2. The highest BCUT2D eigenvalue weighted by molar-refractivity contribution is 5.80. The van der Waals surface area contributed by atoms with Gasteiger partial charge in [0.25, 0.3) is 0 Å². The fraction of sp³-hybridized carbons (Fsp3) is 0.671. The summed E-state index contributed by atoms with van der Waals surface area (Å²) in [6.07, 6.45) is 83.0. The maximum atomic E-state index is 13.5. The van der Waals surface area contributed by atoms with Crippen LogP contribution in [0.1, 0.15) is 278 Å². The molecule has 1 amide bonds. The molecule has 512 valence electrons. The number of rotatable bonds is 60. The van der Waals surface area contributed by atoms with E-state index < -0.39 is 67.4 Å². The molecule has 0 aliphatic carbocycles. The van der Waals surface area contributed by atoms with Crippen molar-refractivity contribution in [2.24, 2.45) is 0 Å². The third-order valence-electron chi connectivity index (χ3n) is 16.0. The summed E-state index contributed by atoms with van der Waals surface area (Å²) in [6, 6.07) is -1.04. The molecule has 1 aliphatic heterocycles. The van der Waals surface area contributed by atoms with Gasteiger partial charge in [-0.25, -0.2) is 0 Å². The predicted octanol–water partition coefficient (Wildman–Crippen LogP) is 18.9. The van der Waals surface area contributed by atoms with Gasteiger partial charge >= 0.3 is 5.97 Å². The first-order valence-electron chi connectivity index (χ1n) is 36.1. The molecule has 6 N–H and O–H groups in total. The summed E-state index contributed by atoms with van der Waals surface area (Å²) in [4.78, 5) is 26.7. The quantitative estimate of drug-likeness (QED) is 0.0195. The van der Waals surface area contributed by atoms with Crippen molar-refractivity contribution in [1.82, 2.24) is 5.32 Å². The number of ether oxygens (including phenoxy) is 3. The minimum Gasteiger partial charge on any atom is -0.454 e. The summed E-state index contributed by atoms with van der Waals surface area (Å²) < 4.78 is 17.7. The van der Waals surface area contributed by atoms with Gasteiger partial charge in [-0.15, -0.1) is 0 Å². The summed E-state index contributed by atoms with van der Waals surface area (Å²) in [5, 5.41) is 57.3. The van der Waals surface area contributed by atoms with Crippen LogP contribution in [0.15, 0.2) is 146 Å². The van der Waals surface area contributed by atoms with Crippen LogP contribution in [-0.4, -0.2) is 99.6 Å². The van der Waals surface area contributed by atoms with Crippen molar-refractivity contribution in [1.29, 1.82) is 0 Å². The molecular weight excluding hydrogens is 1120 g/mol.